The first-order chi connectivity index (χ1) is 11.6. The smallest absolute Gasteiger partial charge is 0.191 e. The van der Waals surface area contributed by atoms with Crippen molar-refractivity contribution < 1.29 is 0 Å². The average molecular weight is 314 g/mol. The summed E-state index contributed by atoms with van der Waals surface area (Å²) in [5.74, 6) is -0.376. The van der Waals surface area contributed by atoms with Crippen LogP contribution in [-0.4, -0.2) is 0 Å². The van der Waals surface area contributed by atoms with Gasteiger partial charge in [-0.3, -0.25) is 0 Å². The topological polar surface area (TPSA) is 97.4 Å². The number of allylic oxidation sites excluding steroid dienone is 4. The van der Waals surface area contributed by atoms with E-state index >= 15 is 0 Å². The van der Waals surface area contributed by atoms with Crippen molar-refractivity contribution >= 4 is 0 Å². The van der Waals surface area contributed by atoms with Crippen molar-refractivity contribution in [1.29, 1.82) is 15.8 Å². The molecule has 24 heavy (non-hydrogen) atoms. The minimum Gasteiger partial charge on any atom is -0.399 e. The van der Waals surface area contributed by atoms with E-state index in [1.807, 2.05) is 31.2 Å². The van der Waals surface area contributed by atoms with E-state index in [-0.39, 0.29) is 17.5 Å². The van der Waals surface area contributed by atoms with Crippen molar-refractivity contribution in [1.82, 2.24) is 0 Å². The molecule has 0 spiro atoms. The van der Waals surface area contributed by atoms with Gasteiger partial charge in [0.15, 0.2) is 5.41 Å². The fourth-order valence-electron chi connectivity index (χ4n) is 4.02. The zero-order chi connectivity index (χ0) is 17.3. The summed E-state index contributed by atoms with van der Waals surface area (Å²) in [6.45, 7) is 2.00. The lowest BCUT2D eigenvalue weighted by atomic mass is 9.57. The molecule has 0 fully saturated rings. The third kappa shape index (κ3) is 2.10. The van der Waals surface area contributed by atoms with Crippen LogP contribution in [0.15, 0.2) is 47.2 Å². The third-order valence-corrected chi connectivity index (χ3v) is 5.24. The molecular weight excluding hydrogens is 296 g/mol. The van der Waals surface area contributed by atoms with Crippen LogP contribution in [0.4, 0.5) is 0 Å². The molecule has 4 nitrogen and oxygen atoms in total. The normalized spacial score (nSPS) is 24.8. The van der Waals surface area contributed by atoms with E-state index in [9.17, 15) is 15.8 Å². The Hall–Kier alpha value is -3.03. The molecule has 0 bridgehead atoms. The Morgan fingerprint density at radius 2 is 1.79 bits per heavy atom. The number of benzene rings is 1. The van der Waals surface area contributed by atoms with Crippen LogP contribution in [0, 0.1) is 52.2 Å². The van der Waals surface area contributed by atoms with E-state index in [4.69, 9.17) is 5.73 Å². The molecule has 0 saturated heterocycles. The van der Waals surface area contributed by atoms with Crippen molar-refractivity contribution in [3.05, 3.63) is 58.3 Å². The van der Waals surface area contributed by atoms with E-state index < -0.39 is 5.41 Å². The van der Waals surface area contributed by atoms with Crippen LogP contribution in [-0.2, 0) is 0 Å². The number of hydrogen-bond donors (Lipinski definition) is 1. The van der Waals surface area contributed by atoms with Gasteiger partial charge in [-0.1, -0.05) is 35.9 Å². The quantitative estimate of drug-likeness (QED) is 0.856. The van der Waals surface area contributed by atoms with Gasteiger partial charge in [-0.05, 0) is 43.2 Å². The maximum Gasteiger partial charge on any atom is 0.191 e. The number of nitrogens with two attached hydrogens (primary N) is 1. The summed E-state index contributed by atoms with van der Waals surface area (Å²) in [7, 11) is 0. The monoisotopic (exact) mass is 314 g/mol. The van der Waals surface area contributed by atoms with Gasteiger partial charge in [0.25, 0.3) is 0 Å². The highest BCUT2D eigenvalue weighted by molar-refractivity contribution is 5.59. The van der Waals surface area contributed by atoms with Crippen LogP contribution in [0.5, 0.6) is 0 Å². The zero-order valence-corrected chi connectivity index (χ0v) is 13.6. The second-order valence-corrected chi connectivity index (χ2v) is 6.52. The first-order valence-corrected chi connectivity index (χ1v) is 8.09. The van der Waals surface area contributed by atoms with Gasteiger partial charge in [0.1, 0.15) is 6.07 Å². The second kappa shape index (κ2) is 5.88. The Labute approximate surface area is 142 Å². The maximum atomic E-state index is 9.89. The summed E-state index contributed by atoms with van der Waals surface area (Å²) < 4.78 is 0. The van der Waals surface area contributed by atoms with Gasteiger partial charge in [-0.2, -0.15) is 15.8 Å². The van der Waals surface area contributed by atoms with E-state index in [1.54, 1.807) is 0 Å². The van der Waals surface area contributed by atoms with E-state index in [1.165, 1.54) is 0 Å². The number of nitriles is 3. The predicted molar refractivity (Wildman–Crippen MR) is 89.8 cm³/mol. The second-order valence-electron chi connectivity index (χ2n) is 6.52. The molecule has 1 aromatic carbocycles. The highest BCUT2D eigenvalue weighted by atomic mass is 14.7. The van der Waals surface area contributed by atoms with Gasteiger partial charge in [0.05, 0.1) is 23.4 Å². The van der Waals surface area contributed by atoms with Crippen molar-refractivity contribution in [2.45, 2.75) is 32.1 Å². The summed E-state index contributed by atoms with van der Waals surface area (Å²) in [5, 5.41) is 29.3. The van der Waals surface area contributed by atoms with Crippen LogP contribution in [0.3, 0.4) is 0 Å². The van der Waals surface area contributed by atoms with Gasteiger partial charge >= 0.3 is 0 Å². The SMILES string of the molecule is Cc1ccc([C@@H]2[C@@H]3CCCC=C3C(C#N)=C(N)C2(C#N)C#N)cc1. The maximum absolute atomic E-state index is 9.89. The predicted octanol–water partition coefficient (Wildman–Crippen LogP) is 3.59. The number of rotatable bonds is 1. The molecule has 0 saturated carbocycles. The summed E-state index contributed by atoms with van der Waals surface area (Å²) in [4.78, 5) is 0. The minimum absolute atomic E-state index is 0.0253. The van der Waals surface area contributed by atoms with Crippen LogP contribution in [0.1, 0.15) is 36.3 Å². The molecule has 4 heteroatoms. The summed E-state index contributed by atoms with van der Waals surface area (Å²) in [6.07, 6.45) is 4.80. The van der Waals surface area contributed by atoms with E-state index in [0.29, 0.717) is 5.57 Å². The highest BCUT2D eigenvalue weighted by Gasteiger charge is 2.53. The van der Waals surface area contributed by atoms with Gasteiger partial charge in [-0.25, -0.2) is 0 Å². The zero-order valence-electron chi connectivity index (χ0n) is 13.6. The largest absolute Gasteiger partial charge is 0.399 e. The molecule has 0 aliphatic heterocycles. The molecule has 0 aromatic heterocycles. The molecule has 2 atom stereocenters. The lowest BCUT2D eigenvalue weighted by Gasteiger charge is -2.43. The summed E-state index contributed by atoms with van der Waals surface area (Å²) >= 11 is 0. The van der Waals surface area contributed by atoms with Gasteiger partial charge in [-0.15, -0.1) is 0 Å². The van der Waals surface area contributed by atoms with E-state index in [2.05, 4.69) is 24.3 Å². The number of hydrogen-bond acceptors (Lipinski definition) is 4. The number of aryl methyl sites for hydroxylation is 1. The number of nitrogens with zero attached hydrogens (tertiary/aromatic N) is 3. The van der Waals surface area contributed by atoms with Crippen molar-refractivity contribution in [2.24, 2.45) is 17.1 Å². The third-order valence-electron chi connectivity index (χ3n) is 5.24. The van der Waals surface area contributed by atoms with Gasteiger partial charge in [0, 0.05) is 5.92 Å². The summed E-state index contributed by atoms with van der Waals surface area (Å²) in [6, 6.07) is 14.4. The van der Waals surface area contributed by atoms with E-state index in [0.717, 1.165) is 36.0 Å². The fraction of sp³-hybridized carbons (Fsp3) is 0.350. The lowest BCUT2D eigenvalue weighted by molar-refractivity contribution is 0.317. The number of fused-ring (bicyclic) bond motifs is 1. The molecule has 3 rings (SSSR count). The molecule has 118 valence electrons. The molecule has 0 radical (unpaired) electrons. The van der Waals surface area contributed by atoms with Crippen LogP contribution < -0.4 is 5.73 Å². The van der Waals surface area contributed by atoms with Crippen molar-refractivity contribution in [3.63, 3.8) is 0 Å². The van der Waals surface area contributed by atoms with Gasteiger partial charge < -0.3 is 5.73 Å². The molecule has 1 aromatic rings. The molecule has 2 N–H and O–H groups in total. The molecule has 2 aliphatic carbocycles. The molecular formula is C20H18N4. The summed E-state index contributed by atoms with van der Waals surface area (Å²) in [5.41, 5.74) is 8.11. The Kier molecular flexibility index (Phi) is 3.88. The van der Waals surface area contributed by atoms with Crippen LogP contribution in [0.2, 0.25) is 0 Å². The lowest BCUT2D eigenvalue weighted by Crippen LogP contribution is -2.42. The standard InChI is InChI=1S/C20H18N4/c1-13-6-8-14(9-7-13)18-16-5-3-2-4-15(16)17(10-21)19(24)20(18,11-22)12-23/h4,6-9,16,18H,2-3,5,24H2,1H3/t16-,18-/m1/s1. The Morgan fingerprint density at radius 3 is 2.38 bits per heavy atom. The van der Waals surface area contributed by atoms with Gasteiger partial charge in [0.2, 0.25) is 0 Å². The van der Waals surface area contributed by atoms with Crippen LogP contribution in [0.25, 0.3) is 0 Å². The Bertz CT molecular complexity index is 839. The first-order valence-electron chi connectivity index (χ1n) is 8.09. The molecule has 0 amide bonds. The van der Waals surface area contributed by atoms with Crippen molar-refractivity contribution in [2.75, 3.05) is 0 Å². The molecule has 0 heterocycles. The van der Waals surface area contributed by atoms with Crippen molar-refractivity contribution in [3.8, 4) is 18.2 Å². The fourth-order valence-corrected chi connectivity index (χ4v) is 4.02. The Morgan fingerprint density at radius 1 is 1.12 bits per heavy atom. The minimum atomic E-state index is -1.50. The molecule has 0 unspecified atom stereocenters. The van der Waals surface area contributed by atoms with Crippen LogP contribution >= 0.6 is 0 Å². The average Bonchev–Trinajstić information content (AvgIpc) is 2.62. The highest BCUT2D eigenvalue weighted by Crippen LogP contribution is 2.55. The first kappa shape index (κ1) is 15.9. The molecule has 2 aliphatic rings. The Balaban J connectivity index is 2.31.